The maximum atomic E-state index is 12.6. The zero-order valence-electron chi connectivity index (χ0n) is 14.4. The molecule has 0 saturated carbocycles. The highest BCUT2D eigenvalue weighted by Gasteiger charge is 2.31. The van der Waals surface area contributed by atoms with Crippen LogP contribution in [-0.4, -0.2) is 66.1 Å². The summed E-state index contributed by atoms with van der Waals surface area (Å²) in [6, 6.07) is 0.562. The van der Waals surface area contributed by atoms with E-state index in [2.05, 4.69) is 16.8 Å². The lowest BCUT2D eigenvalue weighted by atomic mass is 9.89. The highest BCUT2D eigenvalue weighted by molar-refractivity contribution is 5.93. The normalized spacial score (nSPS) is 22.3. The molecule has 3 heterocycles. The van der Waals surface area contributed by atoms with E-state index in [1.165, 1.54) is 0 Å². The smallest absolute Gasteiger partial charge is 0.276 e. The molecule has 2 saturated heterocycles. The number of aromatic nitrogens is 1. The Balaban J connectivity index is 1.55. The van der Waals surface area contributed by atoms with E-state index in [-0.39, 0.29) is 5.91 Å². The van der Waals surface area contributed by atoms with Gasteiger partial charge in [0.1, 0.15) is 5.76 Å². The molecular formula is C17H27N3O3. The maximum absolute atomic E-state index is 12.6. The number of carbonyl (C=O) groups is 1. The molecule has 0 spiro atoms. The largest absolute Gasteiger partial charge is 0.445 e. The Labute approximate surface area is 137 Å². The maximum Gasteiger partial charge on any atom is 0.276 e. The average Bonchev–Trinajstić information content (AvgIpc) is 2.93. The summed E-state index contributed by atoms with van der Waals surface area (Å²) in [7, 11) is 0. The van der Waals surface area contributed by atoms with Crippen LogP contribution < -0.4 is 0 Å². The molecule has 6 heteroatoms. The second kappa shape index (κ2) is 7.01. The molecule has 1 amide bonds. The summed E-state index contributed by atoms with van der Waals surface area (Å²) in [5.41, 5.74) is 0.474. The predicted octanol–water partition coefficient (Wildman–Crippen LogP) is 1.86. The minimum atomic E-state index is 0.0109. The minimum Gasteiger partial charge on any atom is -0.445 e. The van der Waals surface area contributed by atoms with E-state index in [9.17, 15) is 4.79 Å². The van der Waals surface area contributed by atoms with Crippen LogP contribution in [0.25, 0.3) is 0 Å². The van der Waals surface area contributed by atoms with Crippen LogP contribution in [0.5, 0.6) is 0 Å². The van der Waals surface area contributed by atoms with Crippen molar-refractivity contribution in [2.75, 3.05) is 39.4 Å². The van der Waals surface area contributed by atoms with Crippen LogP contribution in [0.2, 0.25) is 0 Å². The minimum absolute atomic E-state index is 0.0109. The van der Waals surface area contributed by atoms with Crippen LogP contribution in [0.4, 0.5) is 0 Å². The number of piperidine rings is 1. The predicted molar refractivity (Wildman–Crippen MR) is 86.5 cm³/mol. The molecule has 0 N–H and O–H groups in total. The van der Waals surface area contributed by atoms with Crippen LogP contribution in [0.1, 0.15) is 41.9 Å². The van der Waals surface area contributed by atoms with Gasteiger partial charge in [-0.15, -0.1) is 0 Å². The van der Waals surface area contributed by atoms with E-state index in [1.807, 2.05) is 4.90 Å². The van der Waals surface area contributed by atoms with Gasteiger partial charge in [-0.25, -0.2) is 4.98 Å². The number of rotatable bonds is 3. The fraction of sp³-hybridized carbons (Fsp3) is 0.765. The van der Waals surface area contributed by atoms with Gasteiger partial charge in [0.05, 0.1) is 13.2 Å². The van der Waals surface area contributed by atoms with E-state index < -0.39 is 0 Å². The third kappa shape index (κ3) is 3.58. The standard InChI is InChI=1S/C17H27N3O3/c1-12(19-8-10-22-11-9-19)15-4-6-20(7-5-15)17(21)16-13(2)23-14(3)18-16/h12,15H,4-11H2,1-3H3. The number of hydrogen-bond donors (Lipinski definition) is 0. The number of carbonyl (C=O) groups excluding carboxylic acids is 1. The van der Waals surface area contributed by atoms with Crippen molar-refractivity contribution < 1.29 is 13.9 Å². The van der Waals surface area contributed by atoms with Crippen molar-refractivity contribution in [3.05, 3.63) is 17.3 Å². The second-order valence-electron chi connectivity index (χ2n) is 6.66. The molecule has 3 rings (SSSR count). The first-order valence-corrected chi connectivity index (χ1v) is 8.61. The molecule has 1 aromatic rings. The molecule has 1 aromatic heterocycles. The van der Waals surface area contributed by atoms with Gasteiger partial charge < -0.3 is 14.1 Å². The van der Waals surface area contributed by atoms with Crippen molar-refractivity contribution >= 4 is 5.91 Å². The van der Waals surface area contributed by atoms with Crippen molar-refractivity contribution in [3.63, 3.8) is 0 Å². The van der Waals surface area contributed by atoms with E-state index in [0.717, 1.165) is 52.2 Å². The molecular weight excluding hydrogens is 294 g/mol. The SMILES string of the molecule is Cc1nc(C(=O)N2CCC(C(C)N3CCOCC3)CC2)c(C)o1. The van der Waals surface area contributed by atoms with Gasteiger partial charge in [0.2, 0.25) is 0 Å². The number of ether oxygens (including phenoxy) is 1. The molecule has 0 radical (unpaired) electrons. The van der Waals surface area contributed by atoms with Gasteiger partial charge in [0.15, 0.2) is 11.6 Å². The van der Waals surface area contributed by atoms with Gasteiger partial charge in [-0.05, 0) is 32.6 Å². The van der Waals surface area contributed by atoms with Crippen molar-refractivity contribution in [3.8, 4) is 0 Å². The number of oxazole rings is 1. The number of amides is 1. The summed E-state index contributed by atoms with van der Waals surface area (Å²) in [5, 5.41) is 0. The molecule has 2 aliphatic heterocycles. The van der Waals surface area contributed by atoms with E-state index in [1.54, 1.807) is 13.8 Å². The molecule has 1 atom stereocenters. The Morgan fingerprint density at radius 3 is 2.39 bits per heavy atom. The Hall–Kier alpha value is -1.40. The first-order valence-electron chi connectivity index (χ1n) is 8.61. The molecule has 0 bridgehead atoms. The van der Waals surface area contributed by atoms with Gasteiger partial charge in [-0.1, -0.05) is 0 Å². The molecule has 23 heavy (non-hydrogen) atoms. The molecule has 6 nitrogen and oxygen atoms in total. The van der Waals surface area contributed by atoms with Gasteiger partial charge in [0, 0.05) is 39.1 Å². The van der Waals surface area contributed by atoms with Gasteiger partial charge in [-0.2, -0.15) is 0 Å². The molecule has 2 aliphatic rings. The lowest BCUT2D eigenvalue weighted by Gasteiger charge is -2.40. The highest BCUT2D eigenvalue weighted by atomic mass is 16.5. The monoisotopic (exact) mass is 321 g/mol. The first kappa shape index (κ1) is 16.5. The Morgan fingerprint density at radius 2 is 1.83 bits per heavy atom. The van der Waals surface area contributed by atoms with Gasteiger partial charge >= 0.3 is 0 Å². The van der Waals surface area contributed by atoms with Crippen LogP contribution in [0.3, 0.4) is 0 Å². The summed E-state index contributed by atoms with van der Waals surface area (Å²) < 4.78 is 10.8. The first-order chi connectivity index (χ1) is 11.1. The lowest BCUT2D eigenvalue weighted by molar-refractivity contribution is -0.000992. The van der Waals surface area contributed by atoms with Crippen LogP contribution in [0, 0.1) is 19.8 Å². The zero-order valence-corrected chi connectivity index (χ0v) is 14.4. The molecule has 0 aliphatic carbocycles. The summed E-state index contributed by atoms with van der Waals surface area (Å²) in [6.45, 7) is 11.3. The van der Waals surface area contributed by atoms with Crippen molar-refractivity contribution in [1.82, 2.24) is 14.8 Å². The van der Waals surface area contributed by atoms with Crippen LogP contribution >= 0.6 is 0 Å². The van der Waals surface area contributed by atoms with Crippen molar-refractivity contribution in [1.29, 1.82) is 0 Å². The van der Waals surface area contributed by atoms with E-state index in [0.29, 0.717) is 29.3 Å². The van der Waals surface area contributed by atoms with Crippen molar-refractivity contribution in [2.45, 2.75) is 39.7 Å². The number of morpholine rings is 1. The zero-order chi connectivity index (χ0) is 16.4. The quantitative estimate of drug-likeness (QED) is 0.850. The summed E-state index contributed by atoms with van der Waals surface area (Å²) in [5.74, 6) is 1.84. The number of hydrogen-bond acceptors (Lipinski definition) is 5. The third-order valence-electron chi connectivity index (χ3n) is 5.24. The fourth-order valence-corrected chi connectivity index (χ4v) is 3.74. The Morgan fingerprint density at radius 1 is 1.17 bits per heavy atom. The van der Waals surface area contributed by atoms with Crippen LogP contribution in [-0.2, 0) is 4.74 Å². The lowest BCUT2D eigenvalue weighted by Crippen LogP contribution is -2.49. The summed E-state index contributed by atoms with van der Waals surface area (Å²) in [4.78, 5) is 21.3. The van der Waals surface area contributed by atoms with Crippen LogP contribution in [0.15, 0.2) is 4.42 Å². The number of aryl methyl sites for hydroxylation is 2. The van der Waals surface area contributed by atoms with E-state index >= 15 is 0 Å². The number of nitrogens with zero attached hydrogens (tertiary/aromatic N) is 3. The third-order valence-corrected chi connectivity index (χ3v) is 5.24. The van der Waals surface area contributed by atoms with Crippen molar-refractivity contribution in [2.24, 2.45) is 5.92 Å². The Kier molecular flexibility index (Phi) is 5.02. The van der Waals surface area contributed by atoms with E-state index in [4.69, 9.17) is 9.15 Å². The topological polar surface area (TPSA) is 58.8 Å². The second-order valence-corrected chi connectivity index (χ2v) is 6.66. The average molecular weight is 321 g/mol. The summed E-state index contributed by atoms with van der Waals surface area (Å²) in [6.07, 6.45) is 2.11. The molecule has 128 valence electrons. The Bertz CT molecular complexity index is 543. The van der Waals surface area contributed by atoms with Gasteiger partial charge in [-0.3, -0.25) is 9.69 Å². The highest BCUT2D eigenvalue weighted by Crippen LogP contribution is 2.26. The summed E-state index contributed by atoms with van der Waals surface area (Å²) >= 11 is 0. The fourth-order valence-electron chi connectivity index (χ4n) is 3.74. The molecule has 2 fully saturated rings. The van der Waals surface area contributed by atoms with Gasteiger partial charge in [0.25, 0.3) is 5.91 Å². The molecule has 0 aromatic carbocycles. The molecule has 1 unspecified atom stereocenters. The number of likely N-dealkylation sites (tertiary alicyclic amines) is 1.